The Labute approximate surface area is 155 Å². The molecule has 1 saturated heterocycles. The Morgan fingerprint density at radius 1 is 0.840 bits per heavy atom. The van der Waals surface area contributed by atoms with Gasteiger partial charge in [-0.05, 0) is 20.3 Å². The van der Waals surface area contributed by atoms with E-state index in [4.69, 9.17) is 25.1 Å². The van der Waals surface area contributed by atoms with E-state index >= 15 is 0 Å². The predicted molar refractivity (Wildman–Crippen MR) is 101 cm³/mol. The number of aliphatic hydroxyl groups excluding tert-OH is 4. The third-order valence-corrected chi connectivity index (χ3v) is 1.45. The van der Waals surface area contributed by atoms with Crippen molar-refractivity contribution in [3.8, 4) is 0 Å². The largest absolute Gasteiger partial charge is 0 e. The minimum Gasteiger partial charge on any atom is 0 e. The first-order valence-corrected chi connectivity index (χ1v) is 6.66. The molecule has 0 unspecified atom stereocenters. The van der Waals surface area contributed by atoms with Crippen molar-refractivity contribution in [3.05, 3.63) is 6.65 Å². The smallest absolute Gasteiger partial charge is 0 e. The molecule has 0 aromatic carbocycles. The van der Waals surface area contributed by atoms with Crippen LogP contribution in [0.2, 0.25) is 0 Å². The fourth-order valence-electron chi connectivity index (χ4n) is 0.386. The number of hydrogen-bond donors (Lipinski definition) is 4. The summed E-state index contributed by atoms with van der Waals surface area (Å²) in [6.07, 6.45) is 1.08. The molecule has 0 saturated carbocycles. The van der Waals surface area contributed by atoms with Gasteiger partial charge in [0, 0.05) is 40.7 Å². The molecule has 1 rings (SSSR count). The Kier molecular flexibility index (Phi) is 86.8. The second kappa shape index (κ2) is 49.5. The van der Waals surface area contributed by atoms with E-state index in [1.54, 1.807) is 0 Å². The number of aliphatic hydroxyl groups is 4. The molecule has 0 aromatic heterocycles. The maximum atomic E-state index is 9.88. The molecule has 0 amide bonds. The molecule has 8 heteroatoms. The minimum absolute atomic E-state index is 0. The Bertz CT molecular complexity index is 225. The van der Waals surface area contributed by atoms with Gasteiger partial charge in [0.25, 0.3) is 0 Å². The maximum Gasteiger partial charge on any atom is 0 e. The van der Waals surface area contributed by atoms with E-state index in [0.29, 0.717) is 19.3 Å². The maximum absolute atomic E-state index is 9.88. The summed E-state index contributed by atoms with van der Waals surface area (Å²) in [4.78, 5) is 19.8. The standard InChI is InChI=1S/2C4H8O2.C3H8O2.C2H4O.CO.3CH4.H2/c2*1-4(6)2-3-5;4-2-1-3-5;1-2-3-1;1-2;;;;/h2*5H,2-3H2,1H3;4-5H,1-3H2;1-2H2;;3*1H4;1H. The molecule has 25 heavy (non-hydrogen) atoms. The summed E-state index contributed by atoms with van der Waals surface area (Å²) >= 11 is 0. The zero-order chi connectivity index (χ0) is 18.2. The van der Waals surface area contributed by atoms with Crippen molar-refractivity contribution < 1.29 is 40.8 Å². The summed E-state index contributed by atoms with van der Waals surface area (Å²) in [6, 6.07) is 0. The fraction of sp³-hybridized carbons (Fsp3) is 0.824. The van der Waals surface area contributed by atoms with Gasteiger partial charge < -0.3 is 25.2 Å². The summed E-state index contributed by atoms with van der Waals surface area (Å²) in [6.45, 7) is 9.56. The average molecular weight is 375 g/mol. The summed E-state index contributed by atoms with van der Waals surface area (Å²) in [5.41, 5.74) is 0. The van der Waals surface area contributed by atoms with Gasteiger partial charge in [-0.15, -0.1) is 0 Å². The summed E-state index contributed by atoms with van der Waals surface area (Å²) in [5.74, 6) is 0.0787. The van der Waals surface area contributed by atoms with Crippen molar-refractivity contribution in [2.75, 3.05) is 39.6 Å². The van der Waals surface area contributed by atoms with Crippen molar-refractivity contribution in [1.82, 2.24) is 0 Å². The monoisotopic (exact) mass is 374 g/mol. The molecule has 1 aliphatic rings. The van der Waals surface area contributed by atoms with Gasteiger partial charge in [0.2, 0.25) is 0 Å². The molecular weight excluding hydrogens is 332 g/mol. The van der Waals surface area contributed by atoms with Gasteiger partial charge in [-0.3, -0.25) is 9.59 Å². The first-order chi connectivity index (χ1) is 10.5. The van der Waals surface area contributed by atoms with Gasteiger partial charge in [0.15, 0.2) is 0 Å². The quantitative estimate of drug-likeness (QED) is 0.312. The van der Waals surface area contributed by atoms with Crippen molar-refractivity contribution in [3.63, 3.8) is 0 Å². The second-order valence-electron chi connectivity index (χ2n) is 3.76. The molecule has 0 bridgehead atoms. The van der Waals surface area contributed by atoms with Crippen molar-refractivity contribution in [2.45, 2.75) is 55.4 Å². The molecule has 0 aliphatic carbocycles. The number of carbonyl (C=O) groups excluding carboxylic acids is 2. The number of ketones is 2. The minimum atomic E-state index is -0.0185. The third kappa shape index (κ3) is 161. The van der Waals surface area contributed by atoms with Crippen LogP contribution in [0, 0.1) is 6.65 Å². The Balaban J connectivity index is -0.0000000259. The van der Waals surface area contributed by atoms with E-state index in [0.717, 1.165) is 13.2 Å². The van der Waals surface area contributed by atoms with Crippen LogP contribution in [-0.4, -0.2) is 71.6 Å². The Morgan fingerprint density at radius 2 is 1.08 bits per heavy atom. The molecular formula is C17H42O8. The molecule has 0 radical (unpaired) electrons. The number of carbonyl (C=O) groups is 2. The van der Waals surface area contributed by atoms with E-state index in [1.165, 1.54) is 13.8 Å². The zero-order valence-electron chi connectivity index (χ0n) is 13.3. The molecule has 158 valence electrons. The molecule has 8 nitrogen and oxygen atoms in total. The number of Topliss-reactive ketones (excluding diaryl/α,β-unsaturated/α-hetero) is 2. The summed E-state index contributed by atoms with van der Waals surface area (Å²) < 4.78 is 12.0. The van der Waals surface area contributed by atoms with Gasteiger partial charge in [0.05, 0.1) is 13.2 Å². The van der Waals surface area contributed by atoms with Gasteiger partial charge in [-0.2, -0.15) is 0 Å². The van der Waals surface area contributed by atoms with Crippen LogP contribution in [0.5, 0.6) is 0 Å². The van der Waals surface area contributed by atoms with E-state index in [-0.39, 0.29) is 61.7 Å². The van der Waals surface area contributed by atoms with Gasteiger partial charge in [0.1, 0.15) is 11.6 Å². The van der Waals surface area contributed by atoms with Crippen LogP contribution in [0.15, 0.2) is 0 Å². The molecule has 4 N–H and O–H groups in total. The topological polar surface area (TPSA) is 147 Å². The predicted octanol–water partition coefficient (Wildman–Crippen LogP) is 1.41. The van der Waals surface area contributed by atoms with Crippen LogP contribution < -0.4 is 0 Å². The second-order valence-corrected chi connectivity index (χ2v) is 3.76. The van der Waals surface area contributed by atoms with Crippen molar-refractivity contribution in [1.29, 1.82) is 0 Å². The number of rotatable bonds is 6. The first kappa shape index (κ1) is 43.9. The Hall–Kier alpha value is -1.12. The number of epoxide rings is 1. The van der Waals surface area contributed by atoms with E-state index in [9.17, 15) is 9.59 Å². The van der Waals surface area contributed by atoms with Crippen LogP contribution in [0.4, 0.5) is 0 Å². The van der Waals surface area contributed by atoms with Gasteiger partial charge in [-0.1, -0.05) is 22.3 Å². The SMILES string of the molecule is C.C.C.C1CO1.CC(=O)CCO.CC(=O)CCO.OCCCO.[C-]#[O+].[HH]. The number of ether oxygens (including phenoxy) is 1. The van der Waals surface area contributed by atoms with Crippen molar-refractivity contribution in [2.24, 2.45) is 0 Å². The summed E-state index contributed by atoms with van der Waals surface area (Å²) in [7, 11) is 0. The molecule has 1 heterocycles. The van der Waals surface area contributed by atoms with Crippen LogP contribution in [0.1, 0.15) is 56.8 Å². The van der Waals surface area contributed by atoms with Gasteiger partial charge >= 0.3 is 11.3 Å². The van der Waals surface area contributed by atoms with E-state index in [2.05, 4.69) is 11.4 Å². The van der Waals surface area contributed by atoms with Crippen LogP contribution in [0.25, 0.3) is 0 Å². The van der Waals surface area contributed by atoms with E-state index < -0.39 is 0 Å². The summed E-state index contributed by atoms with van der Waals surface area (Å²) in [5, 5.41) is 31.8. The fourth-order valence-corrected chi connectivity index (χ4v) is 0.386. The van der Waals surface area contributed by atoms with E-state index in [1.807, 2.05) is 0 Å². The zero-order valence-corrected chi connectivity index (χ0v) is 13.3. The molecule has 1 aliphatic heterocycles. The molecule has 0 atom stereocenters. The van der Waals surface area contributed by atoms with Crippen LogP contribution >= 0.6 is 0 Å². The van der Waals surface area contributed by atoms with Gasteiger partial charge in [-0.25, -0.2) is 0 Å². The van der Waals surface area contributed by atoms with Crippen LogP contribution in [-0.2, 0) is 19.0 Å². The molecule has 0 spiro atoms. The van der Waals surface area contributed by atoms with Crippen LogP contribution in [0.3, 0.4) is 0 Å². The average Bonchev–Trinajstić information content (AvgIpc) is 3.31. The molecule has 1 fully saturated rings. The Morgan fingerprint density at radius 3 is 1.08 bits per heavy atom. The molecule has 0 aromatic rings. The number of hydrogen-bond acceptors (Lipinski definition) is 7. The first-order valence-electron chi connectivity index (χ1n) is 6.66. The van der Waals surface area contributed by atoms with Crippen molar-refractivity contribution >= 4 is 11.6 Å². The normalized spacial score (nSPS) is 8.64. The third-order valence-electron chi connectivity index (χ3n) is 1.45.